The van der Waals surface area contributed by atoms with Gasteiger partial charge in [0, 0.05) is 15.7 Å². The highest BCUT2D eigenvalue weighted by molar-refractivity contribution is 9.10. The van der Waals surface area contributed by atoms with Crippen LogP contribution in [0.25, 0.3) is 0 Å². The monoisotopic (exact) mass is 439 g/mol. The third-order valence-corrected chi connectivity index (χ3v) is 4.60. The molecule has 0 fully saturated rings. The summed E-state index contributed by atoms with van der Waals surface area (Å²) >= 11 is 3.40. The molecule has 1 N–H and O–H groups in total. The number of amides is 1. The second-order valence-corrected chi connectivity index (χ2v) is 7.25. The van der Waals surface area contributed by atoms with Gasteiger partial charge < -0.3 is 14.8 Å². The van der Waals surface area contributed by atoms with Gasteiger partial charge >= 0.3 is 0 Å². The van der Waals surface area contributed by atoms with Crippen LogP contribution < -0.4 is 14.8 Å². The Kier molecular flexibility index (Phi) is 6.71. The fraction of sp³-hybridized carbons (Fsp3) is 0.174. The van der Waals surface area contributed by atoms with E-state index in [1.54, 1.807) is 18.2 Å². The Labute approximate surface area is 173 Å². The SMILES string of the molecule is CCOc1cc(C(=O)Nc2cccc(Br)c2)ccc1OCc1ccc(C)cc1. The standard InChI is InChI=1S/C23H22BrNO3/c1-3-27-22-13-18(23(26)25-20-6-4-5-19(24)14-20)11-12-21(22)28-15-17-9-7-16(2)8-10-17/h4-14H,3,15H2,1-2H3,(H,25,26). The maximum absolute atomic E-state index is 12.6. The first kappa shape index (κ1) is 20.0. The van der Waals surface area contributed by atoms with Gasteiger partial charge in [0.05, 0.1) is 6.61 Å². The van der Waals surface area contributed by atoms with Crippen molar-refractivity contribution in [3.8, 4) is 11.5 Å². The number of benzene rings is 3. The minimum Gasteiger partial charge on any atom is -0.490 e. The third-order valence-electron chi connectivity index (χ3n) is 4.10. The number of carbonyl (C=O) groups is 1. The number of nitrogens with one attached hydrogen (secondary N) is 1. The van der Waals surface area contributed by atoms with Crippen LogP contribution in [-0.4, -0.2) is 12.5 Å². The van der Waals surface area contributed by atoms with E-state index in [1.807, 2.05) is 43.3 Å². The maximum Gasteiger partial charge on any atom is 0.255 e. The average molecular weight is 440 g/mol. The number of ether oxygens (including phenoxy) is 2. The second-order valence-electron chi connectivity index (χ2n) is 6.33. The smallest absolute Gasteiger partial charge is 0.255 e. The van der Waals surface area contributed by atoms with Gasteiger partial charge in [0.15, 0.2) is 11.5 Å². The summed E-state index contributed by atoms with van der Waals surface area (Å²) in [4.78, 5) is 12.6. The lowest BCUT2D eigenvalue weighted by Crippen LogP contribution is -2.12. The largest absolute Gasteiger partial charge is 0.490 e. The molecule has 0 saturated heterocycles. The molecule has 0 aliphatic rings. The molecule has 0 spiro atoms. The molecule has 144 valence electrons. The van der Waals surface area contributed by atoms with Crippen LogP contribution in [0.15, 0.2) is 71.2 Å². The molecule has 3 aromatic carbocycles. The first-order valence-corrected chi connectivity index (χ1v) is 9.86. The number of rotatable bonds is 7. The van der Waals surface area contributed by atoms with Crippen molar-refractivity contribution in [1.29, 1.82) is 0 Å². The summed E-state index contributed by atoms with van der Waals surface area (Å²) < 4.78 is 12.5. The van der Waals surface area contributed by atoms with Crippen LogP contribution in [0.4, 0.5) is 5.69 Å². The fourth-order valence-corrected chi connectivity index (χ4v) is 3.05. The van der Waals surface area contributed by atoms with E-state index in [0.29, 0.717) is 30.3 Å². The van der Waals surface area contributed by atoms with Crippen molar-refractivity contribution in [2.24, 2.45) is 0 Å². The number of aryl methyl sites for hydroxylation is 1. The normalized spacial score (nSPS) is 10.4. The van der Waals surface area contributed by atoms with Gasteiger partial charge in [-0.1, -0.05) is 51.8 Å². The Bertz CT molecular complexity index is 954. The summed E-state index contributed by atoms with van der Waals surface area (Å²) in [5.74, 6) is 0.960. The summed E-state index contributed by atoms with van der Waals surface area (Å²) in [5, 5.41) is 2.89. The lowest BCUT2D eigenvalue weighted by atomic mass is 10.1. The molecule has 0 heterocycles. The van der Waals surface area contributed by atoms with Gasteiger partial charge in [-0.15, -0.1) is 0 Å². The highest BCUT2D eigenvalue weighted by Gasteiger charge is 2.12. The van der Waals surface area contributed by atoms with Crippen molar-refractivity contribution in [3.05, 3.63) is 87.9 Å². The van der Waals surface area contributed by atoms with Crippen LogP contribution in [0.5, 0.6) is 11.5 Å². The summed E-state index contributed by atoms with van der Waals surface area (Å²) in [6.07, 6.45) is 0. The number of hydrogen-bond acceptors (Lipinski definition) is 3. The molecular formula is C23H22BrNO3. The van der Waals surface area contributed by atoms with E-state index in [1.165, 1.54) is 5.56 Å². The first-order valence-electron chi connectivity index (χ1n) is 9.07. The molecule has 0 aromatic heterocycles. The molecule has 5 heteroatoms. The van der Waals surface area contributed by atoms with E-state index in [9.17, 15) is 4.79 Å². The van der Waals surface area contributed by atoms with E-state index >= 15 is 0 Å². The van der Waals surface area contributed by atoms with Crippen LogP contribution in [0.3, 0.4) is 0 Å². The molecule has 28 heavy (non-hydrogen) atoms. The topological polar surface area (TPSA) is 47.6 Å². The predicted octanol–water partition coefficient (Wildman–Crippen LogP) is 5.99. The molecule has 0 radical (unpaired) electrons. The maximum atomic E-state index is 12.6. The zero-order valence-electron chi connectivity index (χ0n) is 15.9. The van der Waals surface area contributed by atoms with Crippen molar-refractivity contribution in [3.63, 3.8) is 0 Å². The Morgan fingerprint density at radius 2 is 1.75 bits per heavy atom. The molecule has 1 amide bonds. The number of halogens is 1. The Morgan fingerprint density at radius 1 is 0.964 bits per heavy atom. The van der Waals surface area contributed by atoms with Crippen molar-refractivity contribution in [2.45, 2.75) is 20.5 Å². The second kappa shape index (κ2) is 9.42. The summed E-state index contributed by atoms with van der Waals surface area (Å²) in [5.41, 5.74) is 3.51. The van der Waals surface area contributed by atoms with Gasteiger partial charge in [0.2, 0.25) is 0 Å². The number of carbonyl (C=O) groups excluding carboxylic acids is 1. The van der Waals surface area contributed by atoms with Crippen LogP contribution in [0, 0.1) is 6.92 Å². The lowest BCUT2D eigenvalue weighted by molar-refractivity contribution is 0.102. The Hall–Kier alpha value is -2.79. The van der Waals surface area contributed by atoms with Gasteiger partial charge in [0.1, 0.15) is 6.61 Å². The van der Waals surface area contributed by atoms with Crippen molar-refractivity contribution in [2.75, 3.05) is 11.9 Å². The Morgan fingerprint density at radius 3 is 2.46 bits per heavy atom. The molecular weight excluding hydrogens is 418 g/mol. The van der Waals surface area contributed by atoms with Crippen LogP contribution >= 0.6 is 15.9 Å². The quantitative estimate of drug-likeness (QED) is 0.491. The van der Waals surface area contributed by atoms with Crippen molar-refractivity contribution < 1.29 is 14.3 Å². The number of hydrogen-bond donors (Lipinski definition) is 1. The molecule has 0 aliphatic carbocycles. The molecule has 3 rings (SSSR count). The minimum absolute atomic E-state index is 0.205. The molecule has 0 aliphatic heterocycles. The zero-order chi connectivity index (χ0) is 19.9. The first-order chi connectivity index (χ1) is 13.5. The van der Waals surface area contributed by atoms with Gasteiger partial charge in [-0.2, -0.15) is 0 Å². The predicted molar refractivity (Wildman–Crippen MR) is 115 cm³/mol. The van der Waals surface area contributed by atoms with E-state index in [0.717, 1.165) is 15.7 Å². The average Bonchev–Trinajstić information content (AvgIpc) is 2.68. The molecule has 0 atom stereocenters. The molecule has 0 bridgehead atoms. The molecule has 3 aromatic rings. The van der Waals surface area contributed by atoms with Gasteiger partial charge in [-0.05, 0) is 55.8 Å². The van der Waals surface area contributed by atoms with E-state index in [4.69, 9.17) is 9.47 Å². The van der Waals surface area contributed by atoms with Crippen molar-refractivity contribution >= 4 is 27.5 Å². The van der Waals surface area contributed by atoms with E-state index in [-0.39, 0.29) is 5.91 Å². The zero-order valence-corrected chi connectivity index (χ0v) is 17.5. The lowest BCUT2D eigenvalue weighted by Gasteiger charge is -2.14. The Balaban J connectivity index is 1.74. The minimum atomic E-state index is -0.205. The van der Waals surface area contributed by atoms with Crippen molar-refractivity contribution in [1.82, 2.24) is 0 Å². The molecule has 4 nitrogen and oxygen atoms in total. The van der Waals surface area contributed by atoms with Gasteiger partial charge in [-0.25, -0.2) is 0 Å². The highest BCUT2D eigenvalue weighted by Crippen LogP contribution is 2.30. The third kappa shape index (κ3) is 5.36. The van der Waals surface area contributed by atoms with E-state index < -0.39 is 0 Å². The molecule has 0 saturated carbocycles. The van der Waals surface area contributed by atoms with Gasteiger partial charge in [-0.3, -0.25) is 4.79 Å². The number of anilines is 1. The van der Waals surface area contributed by atoms with Crippen LogP contribution in [0.1, 0.15) is 28.4 Å². The fourth-order valence-electron chi connectivity index (χ4n) is 2.65. The molecule has 0 unspecified atom stereocenters. The summed E-state index contributed by atoms with van der Waals surface area (Å²) in [6, 6.07) is 20.9. The van der Waals surface area contributed by atoms with Crippen LogP contribution in [0.2, 0.25) is 0 Å². The summed E-state index contributed by atoms with van der Waals surface area (Å²) in [7, 11) is 0. The highest BCUT2D eigenvalue weighted by atomic mass is 79.9. The van der Waals surface area contributed by atoms with Gasteiger partial charge in [0.25, 0.3) is 5.91 Å². The summed E-state index contributed by atoms with van der Waals surface area (Å²) in [6.45, 7) is 4.87. The van der Waals surface area contributed by atoms with E-state index in [2.05, 4.69) is 40.3 Å². The van der Waals surface area contributed by atoms with Crippen LogP contribution in [-0.2, 0) is 6.61 Å².